The van der Waals surface area contributed by atoms with E-state index >= 15 is 0 Å². The molecule has 1 aromatic heterocycles. The Kier molecular flexibility index (Phi) is 4.74. The highest BCUT2D eigenvalue weighted by molar-refractivity contribution is 5.25. The number of aryl methyl sites for hydroxylation is 3. The van der Waals surface area contributed by atoms with E-state index in [2.05, 4.69) is 54.6 Å². The van der Waals surface area contributed by atoms with Gasteiger partial charge in [-0.2, -0.15) is 5.10 Å². The number of nitrogens with zero attached hydrogens (tertiary/aromatic N) is 2. The molecule has 0 saturated carbocycles. The zero-order chi connectivity index (χ0) is 13.7. The Hall–Kier alpha value is -1.61. The van der Waals surface area contributed by atoms with Crippen LogP contribution in [0.25, 0.3) is 0 Å². The summed E-state index contributed by atoms with van der Waals surface area (Å²) in [6.45, 7) is 6.19. The average molecular weight is 257 g/mol. The number of hydrogen-bond donors (Lipinski definition) is 1. The van der Waals surface area contributed by atoms with Crippen LogP contribution in [0.1, 0.15) is 29.4 Å². The molecule has 0 aliphatic heterocycles. The van der Waals surface area contributed by atoms with Crippen LogP contribution < -0.4 is 5.32 Å². The highest BCUT2D eigenvalue weighted by atomic mass is 15.3. The molecule has 0 unspecified atom stereocenters. The molecule has 3 nitrogen and oxygen atoms in total. The maximum absolute atomic E-state index is 4.46. The van der Waals surface area contributed by atoms with E-state index in [1.807, 2.05) is 11.7 Å². The summed E-state index contributed by atoms with van der Waals surface area (Å²) in [5.41, 5.74) is 5.21. The molecule has 0 radical (unpaired) electrons. The molecule has 1 N–H and O–H groups in total. The van der Waals surface area contributed by atoms with Gasteiger partial charge in [0.25, 0.3) is 0 Å². The van der Waals surface area contributed by atoms with E-state index in [1.165, 1.54) is 22.5 Å². The van der Waals surface area contributed by atoms with Crippen molar-refractivity contribution in [2.75, 3.05) is 6.54 Å². The van der Waals surface area contributed by atoms with Gasteiger partial charge in [-0.3, -0.25) is 4.68 Å². The SMILES string of the molecule is CCc1cc(CNCCc2ccccc2C)n(C)n1. The van der Waals surface area contributed by atoms with Crippen molar-refractivity contribution in [2.24, 2.45) is 7.05 Å². The van der Waals surface area contributed by atoms with Crippen LogP contribution in [0.15, 0.2) is 30.3 Å². The average Bonchev–Trinajstić information content (AvgIpc) is 2.77. The molecule has 0 fully saturated rings. The quantitative estimate of drug-likeness (QED) is 0.806. The lowest BCUT2D eigenvalue weighted by molar-refractivity contribution is 0.622. The van der Waals surface area contributed by atoms with E-state index in [0.717, 1.165) is 25.9 Å². The van der Waals surface area contributed by atoms with Gasteiger partial charge in [0.15, 0.2) is 0 Å². The van der Waals surface area contributed by atoms with Crippen LogP contribution in [-0.2, 0) is 26.4 Å². The molecular weight excluding hydrogens is 234 g/mol. The first kappa shape index (κ1) is 13.8. The van der Waals surface area contributed by atoms with E-state index in [4.69, 9.17) is 0 Å². The third-order valence-corrected chi connectivity index (χ3v) is 3.53. The molecule has 0 aliphatic rings. The number of benzene rings is 1. The standard InChI is InChI=1S/C16H23N3/c1-4-15-11-16(19(3)18-15)12-17-10-9-14-8-6-5-7-13(14)2/h5-8,11,17H,4,9-10,12H2,1-3H3. The number of aromatic nitrogens is 2. The highest BCUT2D eigenvalue weighted by Gasteiger charge is 2.03. The minimum Gasteiger partial charge on any atom is -0.311 e. The van der Waals surface area contributed by atoms with Gasteiger partial charge in [0, 0.05) is 13.6 Å². The Labute approximate surface area is 115 Å². The third-order valence-electron chi connectivity index (χ3n) is 3.53. The topological polar surface area (TPSA) is 29.9 Å². The lowest BCUT2D eigenvalue weighted by atomic mass is 10.1. The molecule has 2 aromatic rings. The molecule has 0 amide bonds. The van der Waals surface area contributed by atoms with Crippen molar-refractivity contribution < 1.29 is 0 Å². The van der Waals surface area contributed by atoms with Crippen molar-refractivity contribution in [1.29, 1.82) is 0 Å². The molecule has 0 saturated heterocycles. The first-order chi connectivity index (χ1) is 9.20. The fourth-order valence-electron chi connectivity index (χ4n) is 2.24. The van der Waals surface area contributed by atoms with E-state index in [-0.39, 0.29) is 0 Å². The summed E-state index contributed by atoms with van der Waals surface area (Å²) in [6, 6.07) is 10.8. The summed E-state index contributed by atoms with van der Waals surface area (Å²) in [4.78, 5) is 0. The van der Waals surface area contributed by atoms with Gasteiger partial charge in [-0.1, -0.05) is 31.2 Å². The molecule has 0 aliphatic carbocycles. The fourth-order valence-corrected chi connectivity index (χ4v) is 2.24. The predicted molar refractivity (Wildman–Crippen MR) is 79.2 cm³/mol. The van der Waals surface area contributed by atoms with E-state index in [0.29, 0.717) is 0 Å². The van der Waals surface area contributed by atoms with E-state index in [9.17, 15) is 0 Å². The van der Waals surface area contributed by atoms with Crippen LogP contribution in [0, 0.1) is 6.92 Å². The minimum absolute atomic E-state index is 0.884. The molecular formula is C16H23N3. The summed E-state index contributed by atoms with van der Waals surface area (Å²) < 4.78 is 1.97. The molecule has 0 bridgehead atoms. The summed E-state index contributed by atoms with van der Waals surface area (Å²) in [7, 11) is 2.01. The van der Waals surface area contributed by atoms with Crippen LogP contribution in [0.3, 0.4) is 0 Å². The molecule has 3 heteroatoms. The van der Waals surface area contributed by atoms with Crippen molar-refractivity contribution >= 4 is 0 Å². The Morgan fingerprint density at radius 3 is 2.74 bits per heavy atom. The monoisotopic (exact) mass is 257 g/mol. The Balaban J connectivity index is 1.81. The second kappa shape index (κ2) is 6.53. The van der Waals surface area contributed by atoms with Crippen molar-refractivity contribution in [3.63, 3.8) is 0 Å². The predicted octanol–water partition coefficient (Wildman–Crippen LogP) is 2.62. The molecule has 2 rings (SSSR count). The molecule has 19 heavy (non-hydrogen) atoms. The molecule has 1 aromatic carbocycles. The van der Waals surface area contributed by atoms with Gasteiger partial charge >= 0.3 is 0 Å². The van der Waals surface area contributed by atoms with E-state index < -0.39 is 0 Å². The van der Waals surface area contributed by atoms with Gasteiger partial charge in [-0.15, -0.1) is 0 Å². The maximum Gasteiger partial charge on any atom is 0.0625 e. The first-order valence-corrected chi connectivity index (χ1v) is 6.97. The van der Waals surface area contributed by atoms with Gasteiger partial charge in [0.1, 0.15) is 0 Å². The van der Waals surface area contributed by atoms with Crippen LogP contribution in [0.2, 0.25) is 0 Å². The van der Waals surface area contributed by atoms with Gasteiger partial charge in [0.05, 0.1) is 11.4 Å². The third kappa shape index (κ3) is 3.67. The van der Waals surface area contributed by atoms with Crippen molar-refractivity contribution in [2.45, 2.75) is 33.2 Å². The van der Waals surface area contributed by atoms with Gasteiger partial charge in [-0.25, -0.2) is 0 Å². The zero-order valence-corrected chi connectivity index (χ0v) is 12.1. The minimum atomic E-state index is 0.884. The van der Waals surface area contributed by atoms with Crippen molar-refractivity contribution in [3.05, 3.63) is 52.8 Å². The van der Waals surface area contributed by atoms with Crippen molar-refractivity contribution in [3.8, 4) is 0 Å². The smallest absolute Gasteiger partial charge is 0.0625 e. The highest BCUT2D eigenvalue weighted by Crippen LogP contribution is 2.07. The summed E-state index contributed by atoms with van der Waals surface area (Å²) in [5, 5.41) is 7.95. The summed E-state index contributed by atoms with van der Waals surface area (Å²) in [6.07, 6.45) is 2.07. The van der Waals surface area contributed by atoms with Gasteiger partial charge in [0.2, 0.25) is 0 Å². The Morgan fingerprint density at radius 2 is 2.05 bits per heavy atom. The lowest BCUT2D eigenvalue weighted by Gasteiger charge is -2.07. The first-order valence-electron chi connectivity index (χ1n) is 6.97. The van der Waals surface area contributed by atoms with Gasteiger partial charge < -0.3 is 5.32 Å². The zero-order valence-electron chi connectivity index (χ0n) is 12.1. The second-order valence-corrected chi connectivity index (χ2v) is 4.96. The Morgan fingerprint density at radius 1 is 1.26 bits per heavy atom. The summed E-state index contributed by atoms with van der Waals surface area (Å²) >= 11 is 0. The molecule has 0 atom stereocenters. The second-order valence-electron chi connectivity index (χ2n) is 4.96. The van der Waals surface area contributed by atoms with Crippen LogP contribution >= 0.6 is 0 Å². The maximum atomic E-state index is 4.46. The molecule has 102 valence electrons. The van der Waals surface area contributed by atoms with Crippen molar-refractivity contribution in [1.82, 2.24) is 15.1 Å². The van der Waals surface area contributed by atoms with E-state index in [1.54, 1.807) is 0 Å². The number of nitrogens with one attached hydrogen (secondary N) is 1. The molecule has 0 spiro atoms. The summed E-state index contributed by atoms with van der Waals surface area (Å²) in [5.74, 6) is 0. The normalized spacial score (nSPS) is 10.9. The lowest BCUT2D eigenvalue weighted by Crippen LogP contribution is -2.18. The number of rotatable bonds is 6. The fraction of sp³-hybridized carbons (Fsp3) is 0.438. The van der Waals surface area contributed by atoms with Crippen LogP contribution in [0.4, 0.5) is 0 Å². The van der Waals surface area contributed by atoms with Gasteiger partial charge in [-0.05, 0) is 43.5 Å². The number of hydrogen-bond acceptors (Lipinski definition) is 2. The molecule has 1 heterocycles. The Bertz CT molecular complexity index is 529. The largest absolute Gasteiger partial charge is 0.311 e. The van der Waals surface area contributed by atoms with Crippen LogP contribution in [-0.4, -0.2) is 16.3 Å². The van der Waals surface area contributed by atoms with Crippen LogP contribution in [0.5, 0.6) is 0 Å².